The van der Waals surface area contributed by atoms with Gasteiger partial charge < -0.3 is 15.4 Å². The molecule has 0 unspecified atom stereocenters. The first-order valence-electron chi connectivity index (χ1n) is 8.41. The van der Waals surface area contributed by atoms with Gasteiger partial charge in [0.1, 0.15) is 29.0 Å². The third-order valence-corrected chi connectivity index (χ3v) is 6.88. The van der Waals surface area contributed by atoms with Gasteiger partial charge in [-0.3, -0.25) is 0 Å². The highest BCUT2D eigenvalue weighted by Gasteiger charge is 2.56. The van der Waals surface area contributed by atoms with E-state index in [0.29, 0.717) is 6.07 Å². The van der Waals surface area contributed by atoms with Gasteiger partial charge in [-0.2, -0.15) is 0 Å². The monoisotopic (exact) mass is 448 g/mol. The van der Waals surface area contributed by atoms with E-state index in [9.17, 15) is 22.0 Å². The standard InChI is InChI=1S/C17H22F2N4O4S2/c1-4-7-27-16(24)23-9-14(29(25,26)21-2)17(10-23,22-15(20)28-3)12-6-5-11(18)8-13(12)19/h4-6,8,14,21H,1,7,9-10H2,2-3H3,(H2,20,22)/t14-,17-/m0/s1. The lowest BCUT2D eigenvalue weighted by atomic mass is 9.88. The number of amides is 1. The van der Waals surface area contributed by atoms with Gasteiger partial charge in [-0.15, -0.1) is 0 Å². The summed E-state index contributed by atoms with van der Waals surface area (Å²) in [5, 5.41) is -1.42. The van der Waals surface area contributed by atoms with Crippen LogP contribution in [0, 0.1) is 11.6 Å². The van der Waals surface area contributed by atoms with Gasteiger partial charge in [0.15, 0.2) is 5.17 Å². The largest absolute Gasteiger partial charge is 0.445 e. The molecule has 1 heterocycles. The third kappa shape index (κ3) is 4.70. The SMILES string of the molecule is C=CCOC(=O)N1C[C@H](S(=O)(=O)NC)[C@@](N=C(N)SC)(c2ccc(F)cc2F)C1. The Labute approximate surface area is 172 Å². The third-order valence-electron chi connectivity index (χ3n) is 4.51. The maximum Gasteiger partial charge on any atom is 0.410 e. The number of carbonyl (C=O) groups excluding carboxylic acids is 1. The van der Waals surface area contributed by atoms with Crippen molar-refractivity contribution in [3.8, 4) is 0 Å². The van der Waals surface area contributed by atoms with Crippen LogP contribution in [0.25, 0.3) is 0 Å². The zero-order chi connectivity index (χ0) is 21.8. The van der Waals surface area contributed by atoms with E-state index in [4.69, 9.17) is 10.5 Å². The molecule has 2 rings (SSSR count). The summed E-state index contributed by atoms with van der Waals surface area (Å²) in [6.07, 6.45) is 2.15. The van der Waals surface area contributed by atoms with Crippen molar-refractivity contribution in [3.05, 3.63) is 48.1 Å². The van der Waals surface area contributed by atoms with E-state index < -0.39 is 38.5 Å². The van der Waals surface area contributed by atoms with Crippen LogP contribution in [0.4, 0.5) is 13.6 Å². The van der Waals surface area contributed by atoms with Crippen molar-refractivity contribution in [2.24, 2.45) is 10.7 Å². The summed E-state index contributed by atoms with van der Waals surface area (Å²) in [6.45, 7) is 2.69. The van der Waals surface area contributed by atoms with Gasteiger partial charge in [-0.25, -0.2) is 31.7 Å². The molecule has 0 spiro atoms. The van der Waals surface area contributed by atoms with Gasteiger partial charge in [0.05, 0.1) is 6.54 Å². The molecule has 0 radical (unpaired) electrons. The quantitative estimate of drug-likeness (QED) is 0.386. The van der Waals surface area contributed by atoms with Gasteiger partial charge in [0, 0.05) is 18.2 Å². The van der Waals surface area contributed by atoms with Crippen molar-refractivity contribution in [1.29, 1.82) is 0 Å². The van der Waals surface area contributed by atoms with Crippen LogP contribution in [0.2, 0.25) is 0 Å². The molecule has 12 heteroatoms. The Balaban J connectivity index is 2.72. The zero-order valence-electron chi connectivity index (χ0n) is 15.9. The average Bonchev–Trinajstić information content (AvgIpc) is 3.06. The van der Waals surface area contributed by atoms with Crippen LogP contribution in [0.1, 0.15) is 5.56 Å². The Morgan fingerprint density at radius 3 is 2.79 bits per heavy atom. The van der Waals surface area contributed by atoms with Crippen LogP contribution < -0.4 is 10.5 Å². The minimum Gasteiger partial charge on any atom is -0.445 e. The molecular formula is C17H22F2N4O4S2. The molecule has 1 saturated heterocycles. The van der Waals surface area contributed by atoms with Crippen LogP contribution in [0.15, 0.2) is 35.8 Å². The molecule has 29 heavy (non-hydrogen) atoms. The number of benzene rings is 1. The fourth-order valence-corrected chi connectivity index (χ4v) is 4.86. The number of halogens is 2. The number of thioether (sulfide) groups is 1. The number of sulfonamides is 1. The second-order valence-corrected chi connectivity index (χ2v) is 9.08. The molecule has 1 amide bonds. The number of amidine groups is 1. The first-order valence-corrected chi connectivity index (χ1v) is 11.2. The number of carbonyl (C=O) groups is 1. The molecule has 1 aliphatic rings. The summed E-state index contributed by atoms with van der Waals surface area (Å²) in [5.74, 6) is -1.84. The van der Waals surface area contributed by atoms with Crippen molar-refractivity contribution in [2.45, 2.75) is 10.8 Å². The fourth-order valence-electron chi connectivity index (χ4n) is 3.18. The normalized spacial score (nSPS) is 22.6. The van der Waals surface area contributed by atoms with E-state index in [-0.39, 0.29) is 30.4 Å². The Morgan fingerprint density at radius 2 is 2.24 bits per heavy atom. The summed E-state index contributed by atoms with van der Waals surface area (Å²) in [6, 6.07) is 2.73. The van der Waals surface area contributed by atoms with E-state index in [1.54, 1.807) is 6.26 Å². The van der Waals surface area contributed by atoms with Crippen molar-refractivity contribution in [2.75, 3.05) is 33.0 Å². The second-order valence-electron chi connectivity index (χ2n) is 6.19. The first-order chi connectivity index (χ1) is 13.6. The number of hydrogen-bond donors (Lipinski definition) is 2. The van der Waals surface area contributed by atoms with E-state index in [1.807, 2.05) is 0 Å². The van der Waals surface area contributed by atoms with Gasteiger partial charge in [-0.1, -0.05) is 30.5 Å². The van der Waals surface area contributed by atoms with Crippen LogP contribution in [-0.4, -0.2) is 62.8 Å². The molecular weight excluding hydrogens is 426 g/mol. The van der Waals surface area contributed by atoms with Gasteiger partial charge in [-0.05, 0) is 19.4 Å². The minimum absolute atomic E-state index is 0.0219. The molecule has 1 aliphatic heterocycles. The smallest absolute Gasteiger partial charge is 0.410 e. The number of nitrogens with zero attached hydrogens (tertiary/aromatic N) is 2. The van der Waals surface area contributed by atoms with Crippen molar-refractivity contribution < 1.29 is 26.7 Å². The highest BCUT2D eigenvalue weighted by Crippen LogP contribution is 2.42. The average molecular weight is 449 g/mol. The lowest BCUT2D eigenvalue weighted by Crippen LogP contribution is -2.47. The molecule has 0 aliphatic carbocycles. The molecule has 3 N–H and O–H groups in total. The summed E-state index contributed by atoms with van der Waals surface area (Å²) in [5.41, 5.74) is 3.86. The molecule has 1 aromatic rings. The van der Waals surface area contributed by atoms with Crippen LogP contribution in [0.3, 0.4) is 0 Å². The molecule has 0 saturated carbocycles. The molecule has 0 aromatic heterocycles. The predicted octanol–water partition coefficient (Wildman–Crippen LogP) is 1.39. The molecule has 8 nitrogen and oxygen atoms in total. The van der Waals surface area contributed by atoms with Crippen LogP contribution >= 0.6 is 11.8 Å². The maximum atomic E-state index is 14.8. The molecule has 1 fully saturated rings. The molecule has 0 bridgehead atoms. The number of aliphatic imine (C=N–C) groups is 1. The lowest BCUT2D eigenvalue weighted by molar-refractivity contribution is 0.119. The van der Waals surface area contributed by atoms with E-state index in [2.05, 4.69) is 16.3 Å². The van der Waals surface area contributed by atoms with Gasteiger partial charge in [0.2, 0.25) is 10.0 Å². The Morgan fingerprint density at radius 1 is 1.55 bits per heavy atom. The van der Waals surface area contributed by atoms with E-state index in [1.165, 1.54) is 13.1 Å². The maximum absolute atomic E-state index is 14.8. The summed E-state index contributed by atoms with van der Waals surface area (Å²) in [4.78, 5) is 17.8. The number of ether oxygens (including phenoxy) is 1. The summed E-state index contributed by atoms with van der Waals surface area (Å²) >= 11 is 1.03. The minimum atomic E-state index is -4.07. The summed E-state index contributed by atoms with van der Waals surface area (Å²) < 4.78 is 61.1. The highest BCUT2D eigenvalue weighted by atomic mass is 32.2. The van der Waals surface area contributed by atoms with E-state index >= 15 is 0 Å². The predicted molar refractivity (Wildman–Crippen MR) is 108 cm³/mol. The van der Waals surface area contributed by atoms with Crippen LogP contribution in [-0.2, 0) is 20.3 Å². The van der Waals surface area contributed by atoms with Crippen molar-refractivity contribution in [3.63, 3.8) is 0 Å². The zero-order valence-corrected chi connectivity index (χ0v) is 17.5. The topological polar surface area (TPSA) is 114 Å². The fraction of sp³-hybridized carbons (Fsp3) is 0.412. The number of nitrogens with two attached hydrogens (primary N) is 1. The molecule has 160 valence electrons. The van der Waals surface area contributed by atoms with Gasteiger partial charge >= 0.3 is 6.09 Å². The molecule has 1 aromatic carbocycles. The Hall–Kier alpha value is -2.18. The lowest BCUT2D eigenvalue weighted by Gasteiger charge is -2.31. The number of likely N-dealkylation sites (tertiary alicyclic amines) is 1. The van der Waals surface area contributed by atoms with Crippen molar-refractivity contribution in [1.82, 2.24) is 9.62 Å². The van der Waals surface area contributed by atoms with Crippen molar-refractivity contribution >= 4 is 33.0 Å². The summed E-state index contributed by atoms with van der Waals surface area (Å²) in [7, 11) is -2.88. The van der Waals surface area contributed by atoms with Gasteiger partial charge in [0.25, 0.3) is 0 Å². The second kappa shape index (κ2) is 9.09. The number of hydrogen-bond acceptors (Lipinski definition) is 6. The molecule has 2 atom stereocenters. The number of nitrogens with one attached hydrogen (secondary N) is 1. The first kappa shape index (κ1) is 23.1. The number of rotatable bonds is 6. The van der Waals surface area contributed by atoms with E-state index in [0.717, 1.165) is 28.8 Å². The highest BCUT2D eigenvalue weighted by molar-refractivity contribution is 8.13. The Kier molecular flexibility index (Phi) is 7.25. The van der Waals surface area contributed by atoms with Crippen LogP contribution in [0.5, 0.6) is 0 Å². The Bertz CT molecular complexity index is 926.